The summed E-state index contributed by atoms with van der Waals surface area (Å²) in [6.45, 7) is 2.74. The van der Waals surface area contributed by atoms with E-state index in [1.807, 2.05) is 14.0 Å². The summed E-state index contributed by atoms with van der Waals surface area (Å²) in [4.78, 5) is 10.4. The highest BCUT2D eigenvalue weighted by atomic mass is 16.3. The summed E-state index contributed by atoms with van der Waals surface area (Å²) in [6, 6.07) is 1.78. The van der Waals surface area contributed by atoms with Crippen molar-refractivity contribution in [2.75, 3.05) is 24.2 Å². The Labute approximate surface area is 95.3 Å². The lowest BCUT2D eigenvalue weighted by Gasteiger charge is -2.34. The Morgan fingerprint density at radius 1 is 1.50 bits per heavy atom. The van der Waals surface area contributed by atoms with Crippen molar-refractivity contribution in [2.24, 2.45) is 5.92 Å². The minimum absolute atomic E-state index is 0.101. The molecule has 2 rings (SSSR count). The zero-order valence-corrected chi connectivity index (χ0v) is 9.72. The molecule has 0 bridgehead atoms. The van der Waals surface area contributed by atoms with E-state index in [2.05, 4.69) is 14.9 Å². The molecule has 1 saturated carbocycles. The van der Waals surface area contributed by atoms with E-state index in [1.165, 1.54) is 0 Å². The molecule has 1 aromatic heterocycles. The Hall–Kier alpha value is -1.36. The predicted molar refractivity (Wildman–Crippen MR) is 63.2 cm³/mol. The highest BCUT2D eigenvalue weighted by Gasteiger charge is 2.28. The predicted octanol–water partition coefficient (Wildman–Crippen LogP) is 0.574. The molecule has 88 valence electrons. The van der Waals surface area contributed by atoms with Crippen LogP contribution in [0, 0.1) is 12.8 Å². The lowest BCUT2D eigenvalue weighted by Crippen LogP contribution is -2.37. The van der Waals surface area contributed by atoms with Crippen LogP contribution in [-0.2, 0) is 0 Å². The van der Waals surface area contributed by atoms with Crippen LogP contribution < -0.4 is 10.6 Å². The first-order valence-electron chi connectivity index (χ1n) is 5.55. The number of hydrogen-bond acceptors (Lipinski definition) is 5. The zero-order chi connectivity index (χ0) is 11.7. The fourth-order valence-electron chi connectivity index (χ4n) is 2.10. The molecule has 0 radical (unpaired) electrons. The van der Waals surface area contributed by atoms with Gasteiger partial charge in [-0.15, -0.1) is 0 Å². The van der Waals surface area contributed by atoms with E-state index in [0.29, 0.717) is 17.6 Å². The molecule has 1 aromatic rings. The van der Waals surface area contributed by atoms with Crippen LogP contribution in [0.5, 0.6) is 0 Å². The van der Waals surface area contributed by atoms with Gasteiger partial charge >= 0.3 is 0 Å². The number of aliphatic hydroxyl groups is 1. The van der Waals surface area contributed by atoms with Gasteiger partial charge in [0.25, 0.3) is 0 Å². The van der Waals surface area contributed by atoms with Crippen LogP contribution in [0.2, 0.25) is 0 Å². The lowest BCUT2D eigenvalue weighted by atomic mass is 9.82. The molecule has 1 fully saturated rings. The smallest absolute Gasteiger partial charge is 0.134 e. The fourth-order valence-corrected chi connectivity index (χ4v) is 2.10. The molecule has 0 unspecified atom stereocenters. The summed E-state index contributed by atoms with van der Waals surface area (Å²) >= 11 is 0. The molecule has 1 heterocycles. The van der Waals surface area contributed by atoms with Gasteiger partial charge in [-0.2, -0.15) is 0 Å². The average molecular weight is 222 g/mol. The maximum absolute atomic E-state index is 9.23. The maximum atomic E-state index is 9.23. The highest BCUT2D eigenvalue weighted by molar-refractivity contribution is 5.46. The van der Waals surface area contributed by atoms with E-state index >= 15 is 0 Å². The number of anilines is 2. The molecule has 0 atom stereocenters. The van der Waals surface area contributed by atoms with E-state index in [0.717, 1.165) is 25.2 Å². The molecule has 16 heavy (non-hydrogen) atoms. The molecule has 5 heteroatoms. The van der Waals surface area contributed by atoms with Crippen molar-refractivity contribution in [3.8, 4) is 0 Å². The summed E-state index contributed by atoms with van der Waals surface area (Å²) in [7, 11) is 1.99. The van der Waals surface area contributed by atoms with Crippen molar-refractivity contribution in [1.82, 2.24) is 9.97 Å². The van der Waals surface area contributed by atoms with Gasteiger partial charge in [0.1, 0.15) is 17.5 Å². The second-order valence-corrected chi connectivity index (χ2v) is 4.57. The number of nitrogen functional groups attached to an aromatic ring is 1. The standard InChI is InChI=1S/C11H18N4O/c1-7-13-10(12)5-11(14-7)15(2)6-8-3-9(16)4-8/h5,8-9,16H,3-4,6H2,1-2H3,(H2,12,13,14). The molecule has 5 nitrogen and oxygen atoms in total. The number of hydrogen-bond donors (Lipinski definition) is 2. The Kier molecular flexibility index (Phi) is 2.96. The van der Waals surface area contributed by atoms with Gasteiger partial charge in [0, 0.05) is 19.7 Å². The second kappa shape index (κ2) is 4.25. The van der Waals surface area contributed by atoms with Crippen molar-refractivity contribution < 1.29 is 5.11 Å². The quantitative estimate of drug-likeness (QED) is 0.782. The molecule has 0 aliphatic heterocycles. The number of aryl methyl sites for hydroxylation is 1. The van der Waals surface area contributed by atoms with E-state index < -0.39 is 0 Å². The van der Waals surface area contributed by atoms with Crippen LogP contribution in [0.3, 0.4) is 0 Å². The van der Waals surface area contributed by atoms with Crippen LogP contribution in [0.1, 0.15) is 18.7 Å². The first kappa shape index (κ1) is 11.1. The van der Waals surface area contributed by atoms with Crippen LogP contribution >= 0.6 is 0 Å². The van der Waals surface area contributed by atoms with E-state index in [4.69, 9.17) is 5.73 Å². The van der Waals surface area contributed by atoms with E-state index in [9.17, 15) is 5.11 Å². The topological polar surface area (TPSA) is 75.3 Å². The first-order chi connectivity index (χ1) is 7.54. The van der Waals surface area contributed by atoms with Crippen molar-refractivity contribution in [3.05, 3.63) is 11.9 Å². The molecule has 1 aliphatic rings. The molecule has 0 spiro atoms. The fraction of sp³-hybridized carbons (Fsp3) is 0.636. The Bertz CT molecular complexity index is 356. The van der Waals surface area contributed by atoms with Gasteiger partial charge in [0.2, 0.25) is 0 Å². The van der Waals surface area contributed by atoms with Crippen molar-refractivity contribution >= 4 is 11.6 Å². The first-order valence-corrected chi connectivity index (χ1v) is 5.55. The molecule has 3 N–H and O–H groups in total. The average Bonchev–Trinajstić information content (AvgIpc) is 2.13. The third-order valence-corrected chi connectivity index (χ3v) is 2.98. The monoisotopic (exact) mass is 222 g/mol. The second-order valence-electron chi connectivity index (χ2n) is 4.57. The van der Waals surface area contributed by atoms with Gasteiger partial charge in [-0.1, -0.05) is 0 Å². The number of nitrogens with zero attached hydrogens (tertiary/aromatic N) is 3. The maximum Gasteiger partial charge on any atom is 0.134 e. The highest BCUT2D eigenvalue weighted by Crippen LogP contribution is 2.28. The van der Waals surface area contributed by atoms with Gasteiger partial charge in [0.15, 0.2) is 0 Å². The van der Waals surface area contributed by atoms with E-state index in [-0.39, 0.29) is 6.10 Å². The minimum atomic E-state index is -0.101. The number of aliphatic hydroxyl groups excluding tert-OH is 1. The number of nitrogens with two attached hydrogens (primary N) is 1. The summed E-state index contributed by atoms with van der Waals surface area (Å²) < 4.78 is 0. The van der Waals surface area contributed by atoms with Gasteiger partial charge in [-0.25, -0.2) is 9.97 Å². The largest absolute Gasteiger partial charge is 0.393 e. The molecule has 0 aromatic carbocycles. The van der Waals surface area contributed by atoms with Gasteiger partial charge in [-0.05, 0) is 25.7 Å². The van der Waals surface area contributed by atoms with Crippen LogP contribution in [-0.4, -0.2) is 34.8 Å². The molecule has 0 saturated heterocycles. The van der Waals surface area contributed by atoms with Crippen LogP contribution in [0.4, 0.5) is 11.6 Å². The Balaban J connectivity index is 2.00. The van der Waals surface area contributed by atoms with Crippen LogP contribution in [0.15, 0.2) is 6.07 Å². The summed E-state index contributed by atoms with van der Waals surface area (Å²) in [5.41, 5.74) is 5.68. The number of rotatable bonds is 3. The molecular weight excluding hydrogens is 204 g/mol. The third kappa shape index (κ3) is 2.41. The molecular formula is C11H18N4O. The SMILES string of the molecule is Cc1nc(N)cc(N(C)CC2CC(O)C2)n1. The molecule has 0 amide bonds. The molecule has 1 aliphatic carbocycles. The third-order valence-electron chi connectivity index (χ3n) is 2.98. The van der Waals surface area contributed by atoms with Crippen molar-refractivity contribution in [3.63, 3.8) is 0 Å². The Morgan fingerprint density at radius 2 is 2.19 bits per heavy atom. The van der Waals surface area contributed by atoms with Crippen LogP contribution in [0.25, 0.3) is 0 Å². The van der Waals surface area contributed by atoms with Crippen molar-refractivity contribution in [1.29, 1.82) is 0 Å². The summed E-state index contributed by atoms with van der Waals surface area (Å²) in [5.74, 6) is 2.61. The number of aromatic nitrogens is 2. The van der Waals surface area contributed by atoms with Crippen molar-refractivity contribution in [2.45, 2.75) is 25.9 Å². The van der Waals surface area contributed by atoms with E-state index in [1.54, 1.807) is 6.07 Å². The van der Waals surface area contributed by atoms with Gasteiger partial charge < -0.3 is 15.7 Å². The summed E-state index contributed by atoms with van der Waals surface area (Å²) in [6.07, 6.45) is 1.68. The summed E-state index contributed by atoms with van der Waals surface area (Å²) in [5, 5.41) is 9.23. The Morgan fingerprint density at radius 3 is 2.75 bits per heavy atom. The zero-order valence-electron chi connectivity index (χ0n) is 9.72. The minimum Gasteiger partial charge on any atom is -0.393 e. The normalized spacial score (nSPS) is 23.9. The van der Waals surface area contributed by atoms with Gasteiger partial charge in [-0.3, -0.25) is 0 Å². The lowest BCUT2D eigenvalue weighted by molar-refractivity contribution is 0.0464. The van der Waals surface area contributed by atoms with Gasteiger partial charge in [0.05, 0.1) is 6.10 Å².